The van der Waals surface area contributed by atoms with Crippen molar-refractivity contribution < 1.29 is 0 Å². The first-order valence-electron chi connectivity index (χ1n) is 13.8. The van der Waals surface area contributed by atoms with Crippen LogP contribution in [0.5, 0.6) is 0 Å². The molecule has 0 fully saturated rings. The summed E-state index contributed by atoms with van der Waals surface area (Å²) in [5.41, 5.74) is 7.30. The van der Waals surface area contributed by atoms with E-state index in [9.17, 15) is 0 Å². The van der Waals surface area contributed by atoms with E-state index >= 15 is 0 Å². The van der Waals surface area contributed by atoms with E-state index in [-0.39, 0.29) is 0 Å². The second kappa shape index (κ2) is 8.08. The molecule has 0 aliphatic carbocycles. The first kappa shape index (κ1) is 21.6. The Morgan fingerprint density at radius 3 is 1.57 bits per heavy atom. The van der Waals surface area contributed by atoms with Gasteiger partial charge in [0, 0.05) is 38.3 Å². The van der Waals surface area contributed by atoms with Gasteiger partial charge in [0.15, 0.2) is 0 Å². The summed E-state index contributed by atoms with van der Waals surface area (Å²) in [5, 5.41) is 10.3. The van der Waals surface area contributed by atoms with Crippen molar-refractivity contribution in [2.75, 3.05) is 0 Å². The van der Waals surface area contributed by atoms with Gasteiger partial charge in [-0.2, -0.15) is 0 Å². The zero-order chi connectivity index (χ0) is 26.2. The summed E-state index contributed by atoms with van der Waals surface area (Å²) in [6.07, 6.45) is 0. The lowest BCUT2D eigenvalue weighted by Crippen LogP contribution is -1.96. The highest BCUT2D eigenvalue weighted by molar-refractivity contribution is 6.39. The van der Waals surface area contributed by atoms with E-state index in [0.29, 0.717) is 0 Å². The molecular weight excluding hydrogens is 484 g/mol. The van der Waals surface area contributed by atoms with Crippen molar-refractivity contribution in [3.63, 3.8) is 0 Å². The molecule has 2 heterocycles. The molecule has 0 aliphatic heterocycles. The highest BCUT2D eigenvalue weighted by atomic mass is 15.0. The SMILES string of the molecule is c1ccc(-n2c3ccccc3c3c2c2ccccc2c2c4c5ccccc5ccc4n(-c4ccccc4)c23)cc1. The fourth-order valence-corrected chi connectivity index (χ4v) is 6.89. The molecule has 0 amide bonds. The first-order valence-corrected chi connectivity index (χ1v) is 13.8. The Bertz CT molecular complexity index is 2410. The Labute approximate surface area is 230 Å². The quantitative estimate of drug-likeness (QED) is 0.220. The van der Waals surface area contributed by atoms with Gasteiger partial charge < -0.3 is 9.13 Å². The van der Waals surface area contributed by atoms with E-state index in [4.69, 9.17) is 0 Å². The minimum absolute atomic E-state index is 1.17. The van der Waals surface area contributed by atoms with Gasteiger partial charge in [-0.25, -0.2) is 0 Å². The Kier molecular flexibility index (Phi) is 4.36. The summed E-state index contributed by atoms with van der Waals surface area (Å²) in [6, 6.07) is 52.8. The molecule has 9 rings (SSSR count). The average molecular weight is 509 g/mol. The number of aromatic nitrogens is 2. The van der Waals surface area contributed by atoms with Crippen LogP contribution >= 0.6 is 0 Å². The van der Waals surface area contributed by atoms with Crippen molar-refractivity contribution in [1.29, 1.82) is 0 Å². The fraction of sp³-hybridized carbons (Fsp3) is 0. The van der Waals surface area contributed by atoms with Crippen molar-refractivity contribution in [1.82, 2.24) is 9.13 Å². The summed E-state index contributed by atoms with van der Waals surface area (Å²) in [5.74, 6) is 0. The molecule has 0 aliphatic rings. The standard InChI is InChI=1S/C38H24N2/c1-3-14-26(15-4-1)39-32-22-12-11-21-31(32)36-37(39)30-20-10-9-19-29(30)35-34-28-18-8-7-13-25(28)23-24-33(34)40(38(35)36)27-16-5-2-6-17-27/h1-24H. The molecular formula is C38H24N2. The predicted molar refractivity (Wildman–Crippen MR) is 170 cm³/mol. The van der Waals surface area contributed by atoms with E-state index in [1.165, 1.54) is 76.5 Å². The van der Waals surface area contributed by atoms with Crippen molar-refractivity contribution in [2.24, 2.45) is 0 Å². The molecule has 0 bridgehead atoms. The molecule has 186 valence electrons. The molecule has 2 heteroatoms. The smallest absolute Gasteiger partial charge is 0.0648 e. The molecule has 0 saturated heterocycles. The number of rotatable bonds is 2. The number of fused-ring (bicyclic) bond motifs is 12. The maximum Gasteiger partial charge on any atom is 0.0648 e. The van der Waals surface area contributed by atoms with Crippen LogP contribution in [0.3, 0.4) is 0 Å². The zero-order valence-electron chi connectivity index (χ0n) is 21.8. The summed E-state index contributed by atoms with van der Waals surface area (Å²) in [4.78, 5) is 0. The molecule has 40 heavy (non-hydrogen) atoms. The fourth-order valence-electron chi connectivity index (χ4n) is 6.89. The average Bonchev–Trinajstić information content (AvgIpc) is 3.56. The molecule has 0 saturated carbocycles. The van der Waals surface area contributed by atoms with Gasteiger partial charge in [0.25, 0.3) is 0 Å². The Hall–Kier alpha value is -5.34. The van der Waals surface area contributed by atoms with Crippen molar-refractivity contribution in [3.05, 3.63) is 146 Å². The third-order valence-electron chi connectivity index (χ3n) is 8.45. The number of nitrogens with zero attached hydrogens (tertiary/aromatic N) is 2. The highest BCUT2D eigenvalue weighted by Crippen LogP contribution is 2.48. The van der Waals surface area contributed by atoms with Gasteiger partial charge in [-0.1, -0.05) is 109 Å². The van der Waals surface area contributed by atoms with Crippen molar-refractivity contribution >= 4 is 65.2 Å². The van der Waals surface area contributed by atoms with Gasteiger partial charge in [0.1, 0.15) is 0 Å². The van der Waals surface area contributed by atoms with E-state index in [2.05, 4.69) is 155 Å². The van der Waals surface area contributed by atoms with Crippen LogP contribution in [0.4, 0.5) is 0 Å². The van der Waals surface area contributed by atoms with Gasteiger partial charge in [-0.15, -0.1) is 0 Å². The lowest BCUT2D eigenvalue weighted by molar-refractivity contribution is 1.18. The maximum atomic E-state index is 2.49. The molecule has 0 atom stereocenters. The molecule has 0 unspecified atom stereocenters. The van der Waals surface area contributed by atoms with Gasteiger partial charge in [0.2, 0.25) is 0 Å². The maximum absolute atomic E-state index is 2.49. The lowest BCUT2D eigenvalue weighted by Gasteiger charge is -2.12. The molecule has 9 aromatic rings. The van der Waals surface area contributed by atoms with Crippen molar-refractivity contribution in [3.8, 4) is 11.4 Å². The van der Waals surface area contributed by atoms with Gasteiger partial charge in [-0.3, -0.25) is 0 Å². The second-order valence-corrected chi connectivity index (χ2v) is 10.5. The van der Waals surface area contributed by atoms with Crippen LogP contribution in [-0.4, -0.2) is 9.13 Å². The summed E-state index contributed by atoms with van der Waals surface area (Å²) >= 11 is 0. The minimum atomic E-state index is 1.17. The molecule has 2 nitrogen and oxygen atoms in total. The van der Waals surface area contributed by atoms with Crippen LogP contribution < -0.4 is 0 Å². The largest absolute Gasteiger partial charge is 0.309 e. The van der Waals surface area contributed by atoms with E-state index in [1.807, 2.05) is 0 Å². The van der Waals surface area contributed by atoms with Crippen LogP contribution in [-0.2, 0) is 0 Å². The first-order chi connectivity index (χ1) is 19.9. The topological polar surface area (TPSA) is 9.86 Å². The number of benzene rings is 7. The molecule has 0 N–H and O–H groups in total. The summed E-state index contributed by atoms with van der Waals surface area (Å²) in [6.45, 7) is 0. The van der Waals surface area contributed by atoms with Gasteiger partial charge in [-0.05, 0) is 52.6 Å². The Morgan fingerprint density at radius 1 is 0.300 bits per heavy atom. The number of hydrogen-bond donors (Lipinski definition) is 0. The minimum Gasteiger partial charge on any atom is -0.309 e. The van der Waals surface area contributed by atoms with Gasteiger partial charge >= 0.3 is 0 Å². The zero-order valence-corrected chi connectivity index (χ0v) is 21.8. The Morgan fingerprint density at radius 2 is 0.850 bits per heavy atom. The van der Waals surface area contributed by atoms with Crippen molar-refractivity contribution in [2.45, 2.75) is 0 Å². The van der Waals surface area contributed by atoms with Crippen LogP contribution in [0.15, 0.2) is 146 Å². The van der Waals surface area contributed by atoms with E-state index in [0.717, 1.165) is 0 Å². The number of para-hydroxylation sites is 3. The predicted octanol–water partition coefficient (Wildman–Crippen LogP) is 10.2. The molecule has 0 radical (unpaired) electrons. The Balaban J connectivity index is 1.69. The monoisotopic (exact) mass is 508 g/mol. The van der Waals surface area contributed by atoms with E-state index < -0.39 is 0 Å². The molecule has 2 aromatic heterocycles. The normalized spacial score (nSPS) is 12.0. The van der Waals surface area contributed by atoms with Gasteiger partial charge in [0.05, 0.1) is 22.1 Å². The van der Waals surface area contributed by atoms with E-state index in [1.54, 1.807) is 0 Å². The highest BCUT2D eigenvalue weighted by Gasteiger charge is 2.24. The van der Waals surface area contributed by atoms with Crippen LogP contribution in [0, 0.1) is 0 Å². The van der Waals surface area contributed by atoms with Crippen LogP contribution in [0.2, 0.25) is 0 Å². The third-order valence-corrected chi connectivity index (χ3v) is 8.45. The molecule has 0 spiro atoms. The third kappa shape index (κ3) is 2.77. The van der Waals surface area contributed by atoms with Crippen LogP contribution in [0.25, 0.3) is 76.5 Å². The summed E-state index contributed by atoms with van der Waals surface area (Å²) < 4.78 is 4.95. The van der Waals surface area contributed by atoms with Crippen LogP contribution in [0.1, 0.15) is 0 Å². The number of hydrogen-bond acceptors (Lipinski definition) is 0. The second-order valence-electron chi connectivity index (χ2n) is 10.5. The summed E-state index contributed by atoms with van der Waals surface area (Å²) in [7, 11) is 0. The lowest BCUT2D eigenvalue weighted by atomic mass is 9.97. The molecule has 7 aromatic carbocycles.